The van der Waals surface area contributed by atoms with Crippen molar-refractivity contribution in [1.82, 2.24) is 20.2 Å². The van der Waals surface area contributed by atoms with E-state index in [1.807, 2.05) is 39.0 Å². The molecule has 30 heavy (non-hydrogen) atoms. The third kappa shape index (κ3) is 5.79. The van der Waals surface area contributed by atoms with E-state index >= 15 is 0 Å². The minimum atomic E-state index is 0.442. The van der Waals surface area contributed by atoms with Gasteiger partial charge in [-0.1, -0.05) is 17.7 Å². The van der Waals surface area contributed by atoms with Crippen LogP contribution in [0.4, 0.5) is 11.6 Å². The minimum Gasteiger partial charge on any atom is -0.368 e. The van der Waals surface area contributed by atoms with Gasteiger partial charge in [-0.05, 0) is 63.7 Å². The Morgan fingerprint density at radius 1 is 1.10 bits per heavy atom. The molecule has 3 rings (SSSR count). The third-order valence-electron chi connectivity index (χ3n) is 4.83. The van der Waals surface area contributed by atoms with Gasteiger partial charge in [0.25, 0.3) is 0 Å². The molecule has 1 aliphatic heterocycles. The molecule has 2 N–H and O–H groups in total. The van der Waals surface area contributed by atoms with Crippen molar-refractivity contribution in [2.45, 2.75) is 27.7 Å². The number of aliphatic imine (C=N–C) groups is 1. The predicted molar refractivity (Wildman–Crippen MR) is 129 cm³/mol. The van der Waals surface area contributed by atoms with Crippen molar-refractivity contribution >= 4 is 46.5 Å². The van der Waals surface area contributed by atoms with Crippen LogP contribution in [0, 0.1) is 20.8 Å². The molecule has 0 amide bonds. The van der Waals surface area contributed by atoms with Crippen LogP contribution in [-0.4, -0.2) is 58.7 Å². The van der Waals surface area contributed by atoms with Gasteiger partial charge in [-0.3, -0.25) is 5.32 Å². The number of thiocarbonyl (C=S) groups is 1. The Labute approximate surface area is 188 Å². The lowest BCUT2D eigenvalue weighted by Crippen LogP contribution is -2.51. The second-order valence-corrected chi connectivity index (χ2v) is 8.10. The quantitative estimate of drug-likeness (QED) is 0.425. The summed E-state index contributed by atoms with van der Waals surface area (Å²) in [6.07, 6.45) is 0. The monoisotopic (exact) mass is 445 g/mol. The number of aryl methyl sites for hydroxylation is 3. The molecule has 0 spiro atoms. The number of halogens is 1. The molecule has 1 aromatic heterocycles. The fourth-order valence-corrected chi connectivity index (χ4v) is 3.83. The summed E-state index contributed by atoms with van der Waals surface area (Å²) in [6, 6.07) is 7.96. The van der Waals surface area contributed by atoms with Crippen molar-refractivity contribution < 1.29 is 0 Å². The van der Waals surface area contributed by atoms with Crippen LogP contribution in [0.25, 0.3) is 0 Å². The van der Waals surface area contributed by atoms with E-state index in [0.717, 1.165) is 49.1 Å². The van der Waals surface area contributed by atoms with Crippen LogP contribution in [0.15, 0.2) is 29.3 Å². The lowest BCUT2D eigenvalue weighted by molar-refractivity contribution is 0.385. The number of anilines is 2. The van der Waals surface area contributed by atoms with Crippen molar-refractivity contribution in [3.05, 3.63) is 46.2 Å². The Balaban J connectivity index is 1.77. The molecule has 2 aromatic rings. The number of aromatic nitrogens is 2. The van der Waals surface area contributed by atoms with E-state index in [1.54, 1.807) is 0 Å². The third-order valence-corrected chi connectivity index (χ3v) is 5.30. The molecule has 0 radical (unpaired) electrons. The average molecular weight is 446 g/mol. The highest BCUT2D eigenvalue weighted by molar-refractivity contribution is 7.80. The Bertz CT molecular complexity index is 919. The van der Waals surface area contributed by atoms with Gasteiger partial charge in [0.1, 0.15) is 0 Å². The lowest BCUT2D eigenvalue weighted by atomic mass is 10.1. The van der Waals surface area contributed by atoms with Crippen LogP contribution in [0.2, 0.25) is 5.02 Å². The maximum absolute atomic E-state index is 6.22. The molecule has 1 fully saturated rings. The maximum atomic E-state index is 6.22. The summed E-state index contributed by atoms with van der Waals surface area (Å²) in [6.45, 7) is 12.0. The Kier molecular flexibility index (Phi) is 7.44. The highest BCUT2D eigenvalue weighted by Crippen LogP contribution is 2.25. The van der Waals surface area contributed by atoms with Crippen molar-refractivity contribution in [3.63, 3.8) is 0 Å². The molecule has 0 saturated carbocycles. The summed E-state index contributed by atoms with van der Waals surface area (Å²) in [7, 11) is 0. The van der Waals surface area contributed by atoms with Crippen LogP contribution in [0.5, 0.6) is 0 Å². The fourth-order valence-electron chi connectivity index (χ4n) is 3.43. The van der Waals surface area contributed by atoms with Gasteiger partial charge in [0.15, 0.2) is 5.11 Å². The second kappa shape index (κ2) is 10.0. The van der Waals surface area contributed by atoms with Gasteiger partial charge in [-0.2, -0.15) is 4.99 Å². The number of nitrogens with zero attached hydrogens (tertiary/aromatic N) is 5. The predicted octanol–water partition coefficient (Wildman–Crippen LogP) is 3.54. The molecule has 2 heterocycles. The smallest absolute Gasteiger partial charge is 0.229 e. The van der Waals surface area contributed by atoms with Crippen molar-refractivity contribution in [2.75, 3.05) is 42.9 Å². The van der Waals surface area contributed by atoms with E-state index in [4.69, 9.17) is 23.8 Å². The zero-order valence-electron chi connectivity index (χ0n) is 17.9. The van der Waals surface area contributed by atoms with E-state index in [0.29, 0.717) is 17.0 Å². The summed E-state index contributed by atoms with van der Waals surface area (Å²) in [5.41, 5.74) is 4.20. The van der Waals surface area contributed by atoms with E-state index in [9.17, 15) is 0 Å². The summed E-state index contributed by atoms with van der Waals surface area (Å²) >= 11 is 11.6. The first-order valence-electron chi connectivity index (χ1n) is 10.1. The molecule has 0 bridgehead atoms. The second-order valence-electron chi connectivity index (χ2n) is 7.28. The van der Waals surface area contributed by atoms with Gasteiger partial charge in [0, 0.05) is 54.8 Å². The van der Waals surface area contributed by atoms with Crippen LogP contribution >= 0.6 is 23.8 Å². The van der Waals surface area contributed by atoms with Crippen LogP contribution in [0.3, 0.4) is 0 Å². The minimum absolute atomic E-state index is 0.442. The fraction of sp³-hybridized carbons (Fsp3) is 0.429. The highest BCUT2D eigenvalue weighted by atomic mass is 35.5. The van der Waals surface area contributed by atoms with Gasteiger partial charge >= 0.3 is 0 Å². The number of hydrogen-bond acceptors (Lipinski definition) is 4. The van der Waals surface area contributed by atoms with Crippen LogP contribution in [-0.2, 0) is 0 Å². The van der Waals surface area contributed by atoms with Crippen molar-refractivity contribution in [3.8, 4) is 0 Å². The van der Waals surface area contributed by atoms with Crippen LogP contribution in [0.1, 0.15) is 23.9 Å². The summed E-state index contributed by atoms with van der Waals surface area (Å²) in [4.78, 5) is 18.1. The number of piperazine rings is 1. The highest BCUT2D eigenvalue weighted by Gasteiger charge is 2.22. The van der Waals surface area contributed by atoms with E-state index in [2.05, 4.69) is 48.4 Å². The molecular weight excluding hydrogens is 418 g/mol. The topological polar surface area (TPSA) is 68.7 Å². The Morgan fingerprint density at radius 2 is 1.77 bits per heavy atom. The molecule has 1 aliphatic rings. The average Bonchev–Trinajstić information content (AvgIpc) is 2.69. The summed E-state index contributed by atoms with van der Waals surface area (Å²) in [5.74, 6) is 1.19. The number of benzene rings is 1. The molecule has 1 saturated heterocycles. The first kappa shape index (κ1) is 22.2. The zero-order valence-corrected chi connectivity index (χ0v) is 19.4. The molecule has 7 nitrogen and oxygen atoms in total. The number of guanidine groups is 1. The standard InChI is InChI=1S/C21H28ClN7S/c1-5-23-21(30)27-20(26-19-24-15(3)12-16(4)25-19)29-10-8-28(9-11-29)18-13-17(22)7-6-14(18)2/h6-7,12-13H,5,8-11H2,1-4H3,(H2,23,24,25,26,27,30). The number of rotatable bonds is 3. The maximum Gasteiger partial charge on any atom is 0.229 e. The lowest BCUT2D eigenvalue weighted by Gasteiger charge is -2.38. The van der Waals surface area contributed by atoms with Gasteiger partial charge in [0.05, 0.1) is 0 Å². The zero-order chi connectivity index (χ0) is 21.7. The molecule has 0 unspecified atom stereocenters. The molecule has 0 atom stereocenters. The first-order chi connectivity index (χ1) is 14.4. The Hall–Kier alpha value is -2.45. The van der Waals surface area contributed by atoms with E-state index in [1.165, 1.54) is 11.3 Å². The number of hydrogen-bond donors (Lipinski definition) is 2. The largest absolute Gasteiger partial charge is 0.368 e. The molecule has 9 heteroatoms. The van der Waals surface area contributed by atoms with Gasteiger partial charge < -0.3 is 15.1 Å². The first-order valence-corrected chi connectivity index (χ1v) is 10.9. The van der Waals surface area contributed by atoms with Crippen molar-refractivity contribution in [1.29, 1.82) is 0 Å². The molecular formula is C21H28ClN7S. The molecule has 1 aromatic carbocycles. The van der Waals surface area contributed by atoms with Gasteiger partial charge in [0.2, 0.25) is 11.9 Å². The molecule has 0 aliphatic carbocycles. The number of nitrogens with one attached hydrogen (secondary N) is 2. The van der Waals surface area contributed by atoms with E-state index < -0.39 is 0 Å². The molecule has 160 valence electrons. The Morgan fingerprint density at radius 3 is 2.40 bits per heavy atom. The van der Waals surface area contributed by atoms with Crippen LogP contribution < -0.4 is 15.5 Å². The van der Waals surface area contributed by atoms with Gasteiger partial charge in [-0.25, -0.2) is 9.97 Å². The normalized spacial score (nSPS) is 14.6. The van der Waals surface area contributed by atoms with Gasteiger partial charge in [-0.15, -0.1) is 0 Å². The van der Waals surface area contributed by atoms with E-state index in [-0.39, 0.29) is 0 Å². The summed E-state index contributed by atoms with van der Waals surface area (Å²) < 4.78 is 0. The van der Waals surface area contributed by atoms with Crippen molar-refractivity contribution in [2.24, 2.45) is 4.99 Å². The summed E-state index contributed by atoms with van der Waals surface area (Å²) in [5, 5.41) is 7.56. The SMILES string of the molecule is CCNC(=S)/N=C(/Nc1nc(C)cc(C)n1)N1CCN(c2cc(Cl)ccc2C)CC1.